The second-order valence-electron chi connectivity index (χ2n) is 1.77. The molecule has 4 nitrogen and oxygen atoms in total. The van der Waals surface area contributed by atoms with Crippen LogP contribution in [-0.4, -0.2) is 28.2 Å². The average Bonchev–Trinajstić information content (AvgIpc) is 1.63. The number of carbonyl (C=O) groups is 1. The molecule has 9 heavy (non-hydrogen) atoms. The lowest BCUT2D eigenvalue weighted by Gasteiger charge is -1.93. The maximum Gasteiger partial charge on any atom is 0.451 e. The summed E-state index contributed by atoms with van der Waals surface area (Å²) in [7, 11) is -1.37. The number of hydrogen-bond acceptors (Lipinski definition) is 3. The fourth-order valence-electron chi connectivity index (χ4n) is 0.436. The number of aliphatic carboxylic acids is 1. The Labute approximate surface area is 53.3 Å². The maximum atomic E-state index is 9.82. The highest BCUT2D eigenvalue weighted by Crippen LogP contribution is 1.96. The summed E-state index contributed by atoms with van der Waals surface area (Å²) in [5.41, 5.74) is 0. The molecule has 52 valence electrons. The van der Waals surface area contributed by atoms with Crippen LogP contribution in [0.1, 0.15) is 12.8 Å². The van der Waals surface area contributed by atoms with Crippen LogP contribution in [-0.2, 0) is 4.79 Å². The van der Waals surface area contributed by atoms with Crippen molar-refractivity contribution < 1.29 is 19.9 Å². The quantitative estimate of drug-likeness (QED) is 0.443. The van der Waals surface area contributed by atoms with Gasteiger partial charge in [0.05, 0.1) is 0 Å². The van der Waals surface area contributed by atoms with Gasteiger partial charge in [0.1, 0.15) is 0 Å². The molecule has 3 N–H and O–H groups in total. The normalized spacial score (nSPS) is 9.11. The van der Waals surface area contributed by atoms with Gasteiger partial charge in [-0.3, -0.25) is 4.79 Å². The van der Waals surface area contributed by atoms with Crippen molar-refractivity contribution in [3.05, 3.63) is 0 Å². The molecule has 0 aliphatic carbocycles. The van der Waals surface area contributed by atoms with E-state index in [0.29, 0.717) is 6.42 Å². The fraction of sp³-hybridized carbons (Fsp3) is 0.750. The zero-order chi connectivity index (χ0) is 7.28. The van der Waals surface area contributed by atoms with Crippen molar-refractivity contribution in [3.8, 4) is 0 Å². The first-order chi connectivity index (χ1) is 4.13. The van der Waals surface area contributed by atoms with Crippen molar-refractivity contribution in [2.24, 2.45) is 0 Å². The highest BCUT2D eigenvalue weighted by Gasteiger charge is 2.06. The van der Waals surface area contributed by atoms with E-state index in [4.69, 9.17) is 15.2 Å². The molecule has 0 saturated carbocycles. The molecule has 0 aromatic carbocycles. The molecular formula is C4H9BO4. The molecule has 0 aromatic rings. The predicted molar refractivity (Wildman–Crippen MR) is 31.9 cm³/mol. The molecule has 0 aliphatic rings. The number of hydrogen-bond donors (Lipinski definition) is 3. The zero-order valence-electron chi connectivity index (χ0n) is 4.95. The Bertz CT molecular complexity index is 92.6. The van der Waals surface area contributed by atoms with Crippen LogP contribution in [0.15, 0.2) is 0 Å². The summed E-state index contributed by atoms with van der Waals surface area (Å²) in [6, 6.07) is 0. The lowest BCUT2D eigenvalue weighted by atomic mass is 9.84. The molecule has 0 spiro atoms. The molecule has 0 amide bonds. The Hall–Kier alpha value is -0.545. The third-order valence-corrected chi connectivity index (χ3v) is 0.853. The van der Waals surface area contributed by atoms with E-state index in [1.165, 1.54) is 0 Å². The van der Waals surface area contributed by atoms with Crippen LogP contribution in [0.2, 0.25) is 6.32 Å². The van der Waals surface area contributed by atoms with E-state index in [1.54, 1.807) is 0 Å². The van der Waals surface area contributed by atoms with Crippen LogP contribution < -0.4 is 0 Å². The van der Waals surface area contributed by atoms with Crippen LogP contribution in [0, 0.1) is 0 Å². The first kappa shape index (κ1) is 8.45. The van der Waals surface area contributed by atoms with E-state index >= 15 is 0 Å². The molecule has 5 heteroatoms. The summed E-state index contributed by atoms with van der Waals surface area (Å²) < 4.78 is 0. The second kappa shape index (κ2) is 4.35. The third kappa shape index (κ3) is 7.45. The summed E-state index contributed by atoms with van der Waals surface area (Å²) in [5.74, 6) is -0.907. The van der Waals surface area contributed by atoms with Crippen LogP contribution in [0.5, 0.6) is 0 Å². The van der Waals surface area contributed by atoms with Gasteiger partial charge in [0.2, 0.25) is 0 Å². The van der Waals surface area contributed by atoms with Crippen molar-refractivity contribution in [3.63, 3.8) is 0 Å². The molecule has 0 aliphatic heterocycles. The van der Waals surface area contributed by atoms with E-state index in [0.717, 1.165) is 0 Å². The first-order valence-corrected chi connectivity index (χ1v) is 2.71. The van der Waals surface area contributed by atoms with E-state index in [9.17, 15) is 4.79 Å². The van der Waals surface area contributed by atoms with Crippen LogP contribution >= 0.6 is 0 Å². The Morgan fingerprint density at radius 3 is 2.33 bits per heavy atom. The van der Waals surface area contributed by atoms with Crippen molar-refractivity contribution in [2.75, 3.05) is 0 Å². The summed E-state index contributed by atoms with van der Waals surface area (Å²) in [5, 5.41) is 24.5. The highest BCUT2D eigenvalue weighted by atomic mass is 16.4. The molecular weight excluding hydrogens is 123 g/mol. The molecule has 0 heterocycles. The van der Waals surface area contributed by atoms with E-state index < -0.39 is 13.1 Å². The molecule has 0 unspecified atom stereocenters. The fourth-order valence-corrected chi connectivity index (χ4v) is 0.436. The van der Waals surface area contributed by atoms with E-state index in [2.05, 4.69) is 0 Å². The monoisotopic (exact) mass is 132 g/mol. The summed E-state index contributed by atoms with van der Waals surface area (Å²) in [6.45, 7) is 0. The van der Waals surface area contributed by atoms with Gasteiger partial charge in [-0.2, -0.15) is 0 Å². The number of carboxylic acids is 1. The molecule has 0 saturated heterocycles. The Morgan fingerprint density at radius 1 is 1.44 bits per heavy atom. The van der Waals surface area contributed by atoms with Crippen molar-refractivity contribution in [1.29, 1.82) is 0 Å². The van der Waals surface area contributed by atoms with Gasteiger partial charge >= 0.3 is 13.1 Å². The van der Waals surface area contributed by atoms with Gasteiger partial charge in [0.25, 0.3) is 0 Å². The minimum Gasteiger partial charge on any atom is -0.481 e. The Morgan fingerprint density at radius 2 is 2.00 bits per heavy atom. The van der Waals surface area contributed by atoms with Crippen LogP contribution in [0.4, 0.5) is 0 Å². The van der Waals surface area contributed by atoms with Gasteiger partial charge in [-0.15, -0.1) is 0 Å². The largest absolute Gasteiger partial charge is 0.481 e. The number of rotatable bonds is 4. The molecule has 0 rings (SSSR count). The van der Waals surface area contributed by atoms with Crippen molar-refractivity contribution >= 4 is 13.1 Å². The van der Waals surface area contributed by atoms with Crippen molar-refractivity contribution in [1.82, 2.24) is 0 Å². The number of carboxylic acid groups (broad SMARTS) is 1. The van der Waals surface area contributed by atoms with E-state index in [-0.39, 0.29) is 12.7 Å². The summed E-state index contributed by atoms with van der Waals surface area (Å²) in [6.07, 6.45) is 0.441. The van der Waals surface area contributed by atoms with Crippen LogP contribution in [0.25, 0.3) is 0 Å². The van der Waals surface area contributed by atoms with Crippen LogP contribution in [0.3, 0.4) is 0 Å². The Kier molecular flexibility index (Phi) is 4.08. The van der Waals surface area contributed by atoms with Gasteiger partial charge in [0, 0.05) is 6.42 Å². The summed E-state index contributed by atoms with van der Waals surface area (Å²) in [4.78, 5) is 9.82. The molecule has 0 radical (unpaired) electrons. The topological polar surface area (TPSA) is 77.8 Å². The summed E-state index contributed by atoms with van der Waals surface area (Å²) >= 11 is 0. The molecule has 0 fully saturated rings. The second-order valence-corrected chi connectivity index (χ2v) is 1.77. The lowest BCUT2D eigenvalue weighted by molar-refractivity contribution is -0.137. The third-order valence-electron chi connectivity index (χ3n) is 0.853. The first-order valence-electron chi connectivity index (χ1n) is 2.71. The average molecular weight is 132 g/mol. The SMILES string of the molecule is O=C(O)CCCB(O)O. The highest BCUT2D eigenvalue weighted by molar-refractivity contribution is 6.40. The van der Waals surface area contributed by atoms with Crippen molar-refractivity contribution in [2.45, 2.75) is 19.2 Å². The lowest BCUT2D eigenvalue weighted by Crippen LogP contribution is -2.10. The Balaban J connectivity index is 3.01. The van der Waals surface area contributed by atoms with Gasteiger partial charge in [0.15, 0.2) is 0 Å². The van der Waals surface area contributed by atoms with Gasteiger partial charge in [-0.05, 0) is 12.7 Å². The molecule has 0 aromatic heterocycles. The van der Waals surface area contributed by atoms with Gasteiger partial charge in [-0.1, -0.05) is 0 Å². The minimum absolute atomic E-state index is 0.00236. The standard InChI is InChI=1S/C4H9BO4/c6-4(7)2-1-3-5(8)9/h8-9H,1-3H2,(H,6,7). The zero-order valence-corrected chi connectivity index (χ0v) is 4.95. The van der Waals surface area contributed by atoms with Gasteiger partial charge < -0.3 is 15.2 Å². The van der Waals surface area contributed by atoms with E-state index in [1.807, 2.05) is 0 Å². The smallest absolute Gasteiger partial charge is 0.451 e. The maximum absolute atomic E-state index is 9.82. The molecule has 0 bridgehead atoms. The minimum atomic E-state index is -1.37. The molecule has 0 atom stereocenters. The van der Waals surface area contributed by atoms with Gasteiger partial charge in [-0.25, -0.2) is 0 Å². The predicted octanol–water partition coefficient (Wildman–Crippen LogP) is -0.676.